The first kappa shape index (κ1) is 25.7. The highest BCUT2D eigenvalue weighted by Gasteiger charge is 2.17. The molecule has 10 aromatic rings. The van der Waals surface area contributed by atoms with Crippen LogP contribution in [0.2, 0.25) is 0 Å². The molecule has 0 bridgehead atoms. The predicted molar refractivity (Wildman–Crippen MR) is 184 cm³/mol. The second kappa shape index (κ2) is 9.95. The van der Waals surface area contributed by atoms with E-state index in [1.807, 2.05) is 109 Å². The summed E-state index contributed by atoms with van der Waals surface area (Å²) >= 11 is 0. The number of benzene rings is 6. The lowest BCUT2D eigenvalue weighted by atomic mass is 10.1. The van der Waals surface area contributed by atoms with Gasteiger partial charge >= 0.3 is 0 Å². The third-order valence-electron chi connectivity index (χ3n) is 8.58. The summed E-state index contributed by atoms with van der Waals surface area (Å²) in [7, 11) is 0. The zero-order chi connectivity index (χ0) is 30.9. The van der Waals surface area contributed by atoms with E-state index in [1.165, 1.54) is 0 Å². The number of oxazole rings is 1. The Bertz CT molecular complexity index is 2680. The molecule has 4 heterocycles. The minimum Gasteiger partial charge on any atom is -0.456 e. The van der Waals surface area contributed by atoms with Crippen LogP contribution in [-0.4, -0.2) is 19.9 Å². The van der Waals surface area contributed by atoms with Crippen molar-refractivity contribution in [1.29, 1.82) is 0 Å². The summed E-state index contributed by atoms with van der Waals surface area (Å²) < 4.78 is 18.5. The minimum absolute atomic E-state index is 0.519. The molecule has 0 atom stereocenters. The fraction of sp³-hybridized carbons (Fsp3) is 0. The average Bonchev–Trinajstić information content (AvgIpc) is 3.84. The van der Waals surface area contributed by atoms with E-state index in [-0.39, 0.29) is 0 Å². The summed E-state index contributed by atoms with van der Waals surface area (Å²) in [5.41, 5.74) is 7.98. The van der Waals surface area contributed by atoms with E-state index < -0.39 is 0 Å². The van der Waals surface area contributed by atoms with Gasteiger partial charge in [0.2, 0.25) is 5.89 Å². The summed E-state index contributed by atoms with van der Waals surface area (Å²) in [4.78, 5) is 19.7. The van der Waals surface area contributed by atoms with Crippen molar-refractivity contribution < 1.29 is 13.3 Å². The molecule has 0 radical (unpaired) electrons. The molecule has 0 fully saturated rings. The fourth-order valence-corrected chi connectivity index (χ4v) is 6.26. The topological polar surface area (TPSA) is 91.0 Å². The predicted octanol–water partition coefficient (Wildman–Crippen LogP) is 10.5. The fourth-order valence-electron chi connectivity index (χ4n) is 6.26. The molecule has 7 nitrogen and oxygen atoms in total. The van der Waals surface area contributed by atoms with E-state index in [4.69, 9.17) is 33.2 Å². The lowest BCUT2D eigenvalue weighted by molar-refractivity contribution is 0.620. The quantitative estimate of drug-likeness (QED) is 0.197. The van der Waals surface area contributed by atoms with E-state index in [0.717, 1.165) is 71.6 Å². The molecule has 0 saturated heterocycles. The molecule has 7 heteroatoms. The van der Waals surface area contributed by atoms with Crippen LogP contribution in [0, 0.1) is 0 Å². The van der Waals surface area contributed by atoms with Gasteiger partial charge in [-0.05, 0) is 66.7 Å². The van der Waals surface area contributed by atoms with Crippen molar-refractivity contribution in [2.24, 2.45) is 0 Å². The van der Waals surface area contributed by atoms with Gasteiger partial charge in [-0.2, -0.15) is 0 Å². The molecule has 0 N–H and O–H groups in total. The molecule has 220 valence electrons. The SMILES string of the molecule is c1ccc(-c2nc3cc(-c4nc(-c5ccc6c(c5)oc5ccccc56)nc(-c5ccc6c(c5)oc5ccccc56)n4)ccc3o2)cc1. The number of fused-ring (bicyclic) bond motifs is 7. The molecular weight excluding hydrogens is 584 g/mol. The Labute approximate surface area is 266 Å². The maximum atomic E-state index is 6.21. The monoisotopic (exact) mass is 606 g/mol. The summed E-state index contributed by atoms with van der Waals surface area (Å²) in [6.07, 6.45) is 0. The molecule has 0 aliphatic rings. The first-order valence-corrected chi connectivity index (χ1v) is 15.3. The summed E-state index contributed by atoms with van der Waals surface area (Å²) in [5, 5.41) is 4.22. The van der Waals surface area contributed by atoms with Crippen molar-refractivity contribution >= 4 is 55.0 Å². The first-order valence-electron chi connectivity index (χ1n) is 15.3. The van der Waals surface area contributed by atoms with Gasteiger partial charge in [0.05, 0.1) is 0 Å². The molecule has 6 aromatic carbocycles. The van der Waals surface area contributed by atoms with Crippen molar-refractivity contribution in [2.45, 2.75) is 0 Å². The Hall–Kier alpha value is -6.60. The third-order valence-corrected chi connectivity index (χ3v) is 8.58. The van der Waals surface area contributed by atoms with Crippen molar-refractivity contribution in [3.63, 3.8) is 0 Å². The second-order valence-corrected chi connectivity index (χ2v) is 11.5. The van der Waals surface area contributed by atoms with Crippen molar-refractivity contribution in [1.82, 2.24) is 19.9 Å². The van der Waals surface area contributed by atoms with Crippen LogP contribution in [0.5, 0.6) is 0 Å². The van der Waals surface area contributed by atoms with Gasteiger partial charge in [-0.25, -0.2) is 19.9 Å². The maximum absolute atomic E-state index is 6.21. The van der Waals surface area contributed by atoms with Crippen LogP contribution in [0.3, 0.4) is 0 Å². The number of nitrogens with zero attached hydrogens (tertiary/aromatic N) is 4. The van der Waals surface area contributed by atoms with Crippen molar-refractivity contribution in [3.8, 4) is 45.6 Å². The van der Waals surface area contributed by atoms with E-state index in [0.29, 0.717) is 28.9 Å². The van der Waals surface area contributed by atoms with E-state index in [9.17, 15) is 0 Å². The van der Waals surface area contributed by atoms with Crippen LogP contribution in [0.15, 0.2) is 147 Å². The number of furan rings is 2. The summed E-state index contributed by atoms with van der Waals surface area (Å²) in [6.45, 7) is 0. The zero-order valence-electron chi connectivity index (χ0n) is 24.7. The van der Waals surface area contributed by atoms with Gasteiger partial charge in [0.15, 0.2) is 23.1 Å². The number of aromatic nitrogens is 4. The Morgan fingerprint density at radius 3 is 1.40 bits per heavy atom. The zero-order valence-corrected chi connectivity index (χ0v) is 24.7. The van der Waals surface area contributed by atoms with Gasteiger partial charge in [0.1, 0.15) is 27.8 Å². The molecule has 4 aromatic heterocycles. The lowest BCUT2D eigenvalue weighted by Crippen LogP contribution is -2.00. The second-order valence-electron chi connectivity index (χ2n) is 11.5. The highest BCUT2D eigenvalue weighted by atomic mass is 16.3. The van der Waals surface area contributed by atoms with Crippen molar-refractivity contribution in [3.05, 3.63) is 133 Å². The van der Waals surface area contributed by atoms with Gasteiger partial charge in [0.25, 0.3) is 0 Å². The van der Waals surface area contributed by atoms with Gasteiger partial charge in [-0.3, -0.25) is 0 Å². The standard InChI is InChI=1S/C40H22N4O3/c1-2-8-23(9-3-1)40-41-31-20-24(16-19-34(31)47-40)37-42-38(25-14-17-29-27-10-4-6-12-32(27)45-35(29)21-25)44-39(43-37)26-15-18-30-28-11-5-7-13-33(28)46-36(30)22-26/h1-22H. The molecule has 0 aliphatic heterocycles. The van der Waals surface area contributed by atoms with E-state index in [2.05, 4.69) is 24.3 Å². The Kier molecular flexibility index (Phi) is 5.44. The van der Waals surface area contributed by atoms with Gasteiger partial charge in [-0.1, -0.05) is 66.7 Å². The lowest BCUT2D eigenvalue weighted by Gasteiger charge is -2.08. The maximum Gasteiger partial charge on any atom is 0.227 e. The van der Waals surface area contributed by atoms with Crippen LogP contribution in [-0.2, 0) is 0 Å². The highest BCUT2D eigenvalue weighted by Crippen LogP contribution is 2.35. The highest BCUT2D eigenvalue weighted by molar-refractivity contribution is 6.06. The van der Waals surface area contributed by atoms with E-state index in [1.54, 1.807) is 0 Å². The van der Waals surface area contributed by atoms with Gasteiger partial charge < -0.3 is 13.3 Å². The van der Waals surface area contributed by atoms with Gasteiger partial charge in [0, 0.05) is 43.8 Å². The Morgan fingerprint density at radius 1 is 0.319 bits per heavy atom. The Balaban J connectivity index is 1.15. The van der Waals surface area contributed by atoms with Crippen LogP contribution in [0.4, 0.5) is 0 Å². The molecule has 0 amide bonds. The smallest absolute Gasteiger partial charge is 0.227 e. The molecular formula is C40H22N4O3. The Morgan fingerprint density at radius 2 is 0.809 bits per heavy atom. The van der Waals surface area contributed by atoms with Crippen LogP contribution in [0.25, 0.3) is 101 Å². The molecule has 0 spiro atoms. The summed E-state index contributed by atoms with van der Waals surface area (Å²) in [6, 6.07) is 43.9. The number of hydrogen-bond donors (Lipinski definition) is 0. The minimum atomic E-state index is 0.519. The first-order chi connectivity index (χ1) is 23.2. The molecule has 0 saturated carbocycles. The molecule has 10 rings (SSSR count). The van der Waals surface area contributed by atoms with Crippen LogP contribution < -0.4 is 0 Å². The molecule has 0 unspecified atom stereocenters. The molecule has 0 aliphatic carbocycles. The van der Waals surface area contributed by atoms with Gasteiger partial charge in [-0.15, -0.1) is 0 Å². The molecule has 47 heavy (non-hydrogen) atoms. The number of hydrogen-bond acceptors (Lipinski definition) is 7. The normalized spacial score (nSPS) is 11.8. The van der Waals surface area contributed by atoms with Crippen LogP contribution in [0.1, 0.15) is 0 Å². The number of rotatable bonds is 4. The largest absolute Gasteiger partial charge is 0.456 e. The number of para-hydroxylation sites is 2. The van der Waals surface area contributed by atoms with Crippen LogP contribution >= 0.6 is 0 Å². The average molecular weight is 607 g/mol. The van der Waals surface area contributed by atoms with E-state index >= 15 is 0 Å². The summed E-state index contributed by atoms with van der Waals surface area (Å²) in [5.74, 6) is 2.14. The third kappa shape index (κ3) is 4.21. The van der Waals surface area contributed by atoms with Crippen molar-refractivity contribution in [2.75, 3.05) is 0 Å².